The van der Waals surface area contributed by atoms with Gasteiger partial charge in [0.05, 0.1) is 0 Å². The second kappa shape index (κ2) is 8.30. The average Bonchev–Trinajstić information content (AvgIpc) is 2.45. The molecule has 1 N–H and O–H groups in total. The summed E-state index contributed by atoms with van der Waals surface area (Å²) in [5.41, 5.74) is 1.99. The quantitative estimate of drug-likeness (QED) is 0.867. The Balaban J connectivity index is 0.00000200. The Hall–Kier alpha value is -1.03. The summed E-state index contributed by atoms with van der Waals surface area (Å²) < 4.78 is 0. The molecule has 3 nitrogen and oxygen atoms in total. The third-order valence-electron chi connectivity index (χ3n) is 3.22. The fraction of sp³-hybridized carbons (Fsp3) is 0.400. The molecule has 1 fully saturated rings. The first kappa shape index (κ1) is 17.0. The second-order valence-corrected chi connectivity index (χ2v) is 5.03. The van der Waals surface area contributed by atoms with Gasteiger partial charge in [0.2, 0.25) is 0 Å². The van der Waals surface area contributed by atoms with Gasteiger partial charge in [0.1, 0.15) is 0 Å². The van der Waals surface area contributed by atoms with E-state index in [9.17, 15) is 4.79 Å². The van der Waals surface area contributed by atoms with Crippen molar-refractivity contribution in [2.24, 2.45) is 0 Å². The molecule has 0 aliphatic carbocycles. The van der Waals surface area contributed by atoms with Crippen molar-refractivity contribution in [2.45, 2.75) is 13.3 Å². The van der Waals surface area contributed by atoms with Gasteiger partial charge in [0.15, 0.2) is 5.78 Å². The minimum Gasteiger partial charge on any atom is -0.368 e. The van der Waals surface area contributed by atoms with Crippen LogP contribution in [0.15, 0.2) is 30.3 Å². The van der Waals surface area contributed by atoms with E-state index >= 15 is 0 Å². The Morgan fingerprint density at radius 1 is 1.40 bits per heavy atom. The second-order valence-electron chi connectivity index (χ2n) is 4.60. The molecule has 0 unspecified atom stereocenters. The Morgan fingerprint density at radius 3 is 2.70 bits per heavy atom. The van der Waals surface area contributed by atoms with E-state index < -0.39 is 0 Å². The summed E-state index contributed by atoms with van der Waals surface area (Å²) in [6.45, 7) is 5.59. The summed E-state index contributed by atoms with van der Waals surface area (Å²) in [6, 6.07) is 7.69. The number of allylic oxidation sites excluding steroid dienone is 1. The number of halogens is 2. The lowest BCUT2D eigenvalue weighted by Gasteiger charge is -2.31. The number of hydrogen-bond acceptors (Lipinski definition) is 3. The van der Waals surface area contributed by atoms with E-state index in [1.165, 1.54) is 0 Å². The van der Waals surface area contributed by atoms with Crippen molar-refractivity contribution in [1.29, 1.82) is 0 Å². The van der Waals surface area contributed by atoms with Crippen molar-refractivity contribution in [2.75, 3.05) is 26.2 Å². The molecular weight excluding hydrogens is 295 g/mol. The van der Waals surface area contributed by atoms with Gasteiger partial charge in [-0.15, -0.1) is 12.4 Å². The zero-order chi connectivity index (χ0) is 13.7. The van der Waals surface area contributed by atoms with Crippen LogP contribution in [0.3, 0.4) is 0 Å². The Labute approximate surface area is 131 Å². The molecule has 0 atom stereocenters. The Kier molecular flexibility index (Phi) is 7.06. The molecule has 0 spiro atoms. The summed E-state index contributed by atoms with van der Waals surface area (Å²) in [6.07, 6.45) is 2.27. The van der Waals surface area contributed by atoms with E-state index in [4.69, 9.17) is 11.6 Å². The van der Waals surface area contributed by atoms with Gasteiger partial charge >= 0.3 is 0 Å². The lowest BCUT2D eigenvalue weighted by molar-refractivity contribution is -0.114. The molecule has 1 heterocycles. The molecular formula is C15H20Cl2N2O. The zero-order valence-corrected chi connectivity index (χ0v) is 13.1. The van der Waals surface area contributed by atoms with Crippen molar-refractivity contribution >= 4 is 35.5 Å². The highest BCUT2D eigenvalue weighted by molar-refractivity contribution is 6.30. The summed E-state index contributed by atoms with van der Waals surface area (Å²) in [7, 11) is 0. The molecule has 1 saturated heterocycles. The first-order valence-electron chi connectivity index (χ1n) is 6.67. The molecule has 20 heavy (non-hydrogen) atoms. The van der Waals surface area contributed by atoms with Crippen LogP contribution in [-0.2, 0) is 4.79 Å². The van der Waals surface area contributed by atoms with E-state index in [-0.39, 0.29) is 18.2 Å². The van der Waals surface area contributed by atoms with Gasteiger partial charge in [-0.1, -0.05) is 30.7 Å². The van der Waals surface area contributed by atoms with Crippen LogP contribution >= 0.6 is 24.0 Å². The lowest BCUT2D eigenvalue weighted by Crippen LogP contribution is -2.42. The maximum absolute atomic E-state index is 11.8. The molecule has 5 heteroatoms. The molecule has 0 radical (unpaired) electrons. The minimum absolute atomic E-state index is 0. The van der Waals surface area contributed by atoms with Gasteiger partial charge in [0, 0.05) is 49.4 Å². The van der Waals surface area contributed by atoms with Gasteiger partial charge < -0.3 is 10.2 Å². The average molecular weight is 315 g/mol. The van der Waals surface area contributed by atoms with E-state index in [2.05, 4.69) is 10.2 Å². The molecule has 1 aliphatic rings. The molecule has 110 valence electrons. The number of hydrogen-bond donors (Lipinski definition) is 1. The number of nitrogens with zero attached hydrogens (tertiary/aromatic N) is 1. The van der Waals surface area contributed by atoms with Crippen molar-refractivity contribution in [1.82, 2.24) is 10.2 Å². The summed E-state index contributed by atoms with van der Waals surface area (Å²) in [4.78, 5) is 14.0. The first-order valence-corrected chi connectivity index (χ1v) is 7.04. The summed E-state index contributed by atoms with van der Waals surface area (Å²) >= 11 is 6.06. The largest absolute Gasteiger partial charge is 0.368 e. The summed E-state index contributed by atoms with van der Waals surface area (Å²) in [5.74, 6) is 0.147. The van der Waals surface area contributed by atoms with Crippen molar-refractivity contribution in [3.05, 3.63) is 40.9 Å². The molecule has 0 aromatic heterocycles. The zero-order valence-electron chi connectivity index (χ0n) is 11.6. The van der Waals surface area contributed by atoms with Gasteiger partial charge in [-0.25, -0.2) is 0 Å². The fourth-order valence-corrected chi connectivity index (χ4v) is 2.36. The highest BCUT2D eigenvalue weighted by Crippen LogP contribution is 2.23. The fourth-order valence-electron chi connectivity index (χ4n) is 2.17. The number of nitrogens with one attached hydrogen (secondary N) is 1. The Morgan fingerprint density at radius 2 is 2.10 bits per heavy atom. The monoisotopic (exact) mass is 314 g/mol. The van der Waals surface area contributed by atoms with E-state index in [1.807, 2.05) is 31.2 Å². The van der Waals surface area contributed by atoms with Crippen molar-refractivity contribution in [3.8, 4) is 0 Å². The van der Waals surface area contributed by atoms with Gasteiger partial charge in [0.25, 0.3) is 0 Å². The maximum atomic E-state index is 11.8. The molecule has 1 aromatic carbocycles. The summed E-state index contributed by atoms with van der Waals surface area (Å²) in [5, 5.41) is 4.02. The van der Waals surface area contributed by atoms with Crippen LogP contribution < -0.4 is 5.32 Å². The highest BCUT2D eigenvalue weighted by Gasteiger charge is 2.15. The number of benzene rings is 1. The molecule has 0 amide bonds. The van der Waals surface area contributed by atoms with Crippen LogP contribution in [0.5, 0.6) is 0 Å². The van der Waals surface area contributed by atoms with Crippen LogP contribution in [-0.4, -0.2) is 36.9 Å². The van der Waals surface area contributed by atoms with Crippen molar-refractivity contribution < 1.29 is 4.79 Å². The minimum atomic E-state index is 0. The normalized spacial score (nSPS) is 15.7. The van der Waals surface area contributed by atoms with Gasteiger partial charge in [-0.2, -0.15) is 0 Å². The smallest absolute Gasteiger partial charge is 0.157 e. The molecule has 0 bridgehead atoms. The molecule has 1 aliphatic heterocycles. The number of carbonyl (C=O) groups is 1. The highest BCUT2D eigenvalue weighted by atomic mass is 35.5. The predicted molar refractivity (Wildman–Crippen MR) is 86.4 cm³/mol. The van der Waals surface area contributed by atoms with Crippen LogP contribution in [0.25, 0.3) is 5.70 Å². The first-order chi connectivity index (χ1) is 9.20. The number of piperazine rings is 1. The number of ketones is 1. The lowest BCUT2D eigenvalue weighted by atomic mass is 10.1. The van der Waals surface area contributed by atoms with Gasteiger partial charge in [-0.3, -0.25) is 4.79 Å². The maximum Gasteiger partial charge on any atom is 0.157 e. The van der Waals surface area contributed by atoms with Crippen LogP contribution in [0.2, 0.25) is 5.02 Å². The standard InChI is InChI=1S/C15H19ClN2O.ClH/c1-2-14(19)11-15(18-8-6-17-7-9-18)12-4-3-5-13(16)10-12;/h3-5,10-11,17H,2,6-9H2,1H3;1H. The predicted octanol–water partition coefficient (Wildman–Crippen LogP) is 2.99. The topological polar surface area (TPSA) is 32.3 Å². The molecule has 1 aromatic rings. The van der Waals surface area contributed by atoms with E-state index in [1.54, 1.807) is 6.08 Å². The van der Waals surface area contributed by atoms with Crippen LogP contribution in [0.4, 0.5) is 0 Å². The number of rotatable bonds is 4. The third kappa shape index (κ3) is 4.51. The SMILES string of the molecule is CCC(=O)C=C(c1cccc(Cl)c1)N1CCNCC1.Cl. The van der Waals surface area contributed by atoms with E-state index in [0.29, 0.717) is 11.4 Å². The Bertz CT molecular complexity index is 483. The van der Waals surface area contributed by atoms with Crippen LogP contribution in [0, 0.1) is 0 Å². The van der Waals surface area contributed by atoms with Crippen LogP contribution in [0.1, 0.15) is 18.9 Å². The molecule has 2 rings (SSSR count). The molecule has 0 saturated carbocycles. The van der Waals surface area contributed by atoms with E-state index in [0.717, 1.165) is 37.4 Å². The third-order valence-corrected chi connectivity index (χ3v) is 3.46. The number of carbonyl (C=O) groups excluding carboxylic acids is 1. The van der Waals surface area contributed by atoms with Crippen molar-refractivity contribution in [3.63, 3.8) is 0 Å². The van der Waals surface area contributed by atoms with Gasteiger partial charge in [-0.05, 0) is 17.7 Å².